The van der Waals surface area contributed by atoms with Gasteiger partial charge in [0, 0.05) is 18.9 Å². The van der Waals surface area contributed by atoms with Gasteiger partial charge < -0.3 is 14.0 Å². The summed E-state index contributed by atoms with van der Waals surface area (Å²) in [6, 6.07) is 12.6. The van der Waals surface area contributed by atoms with Crippen LogP contribution in [0.5, 0.6) is 5.75 Å². The number of fused-ring (bicyclic) bond motifs is 1. The lowest BCUT2D eigenvalue weighted by Gasteiger charge is -2.22. The van der Waals surface area contributed by atoms with Crippen LogP contribution in [0.1, 0.15) is 123 Å². The van der Waals surface area contributed by atoms with Crippen molar-refractivity contribution in [2.75, 3.05) is 26.2 Å². The zero-order valence-corrected chi connectivity index (χ0v) is 27.6. The first kappa shape index (κ1) is 34.2. The summed E-state index contributed by atoms with van der Waals surface area (Å²) in [4.78, 5) is 3.34. The normalized spacial score (nSPS) is 12.1. The number of nitrogens with zero attached hydrogens (tertiary/aromatic N) is 2. The number of sulfone groups is 1. The first-order valence-electron chi connectivity index (χ1n) is 16.7. The molecule has 3 rings (SSSR count). The van der Waals surface area contributed by atoms with Crippen molar-refractivity contribution < 1.29 is 13.2 Å². The Labute approximate surface area is 256 Å². The van der Waals surface area contributed by atoms with E-state index in [2.05, 4.69) is 18.7 Å². The summed E-state index contributed by atoms with van der Waals surface area (Å²) in [5, 5.41) is 0. The molecule has 1 aromatic carbocycles. The Kier molecular flexibility index (Phi) is 15.0. The van der Waals surface area contributed by atoms with E-state index in [-0.39, 0.29) is 5.92 Å². The summed E-state index contributed by atoms with van der Waals surface area (Å²) < 4.78 is 35.4. The lowest BCUT2D eigenvalue weighted by Crippen LogP contribution is -2.28. The van der Waals surface area contributed by atoms with Crippen LogP contribution in [0.15, 0.2) is 64.6 Å². The highest BCUT2D eigenvalue weighted by atomic mass is 32.2. The average Bonchev–Trinajstić information content (AvgIpc) is 3.40. The summed E-state index contributed by atoms with van der Waals surface area (Å²) in [5.74, 6) is 0.817. The number of hydrogen-bond donors (Lipinski definition) is 0. The summed E-state index contributed by atoms with van der Waals surface area (Å²) in [5.41, 5.74) is 1.56. The zero-order valence-electron chi connectivity index (χ0n) is 26.8. The van der Waals surface area contributed by atoms with E-state index in [0.29, 0.717) is 21.9 Å². The van der Waals surface area contributed by atoms with Crippen molar-refractivity contribution in [3.05, 3.63) is 60.4 Å². The molecule has 0 amide bonds. The first-order valence-corrected chi connectivity index (χ1v) is 18.2. The molecule has 6 heteroatoms. The van der Waals surface area contributed by atoms with Crippen molar-refractivity contribution in [1.29, 1.82) is 0 Å². The molecule has 0 spiro atoms. The maximum absolute atomic E-state index is 13.7. The maximum Gasteiger partial charge on any atom is 0.209 e. The van der Waals surface area contributed by atoms with E-state index >= 15 is 0 Å². The second-order valence-corrected chi connectivity index (χ2v) is 14.0. The molecule has 2 heterocycles. The van der Waals surface area contributed by atoms with Gasteiger partial charge in [-0.05, 0) is 80.2 Å². The van der Waals surface area contributed by atoms with Crippen LogP contribution in [0.3, 0.4) is 0 Å². The van der Waals surface area contributed by atoms with Gasteiger partial charge in [-0.15, -0.1) is 0 Å². The van der Waals surface area contributed by atoms with Crippen molar-refractivity contribution >= 4 is 15.4 Å². The molecule has 0 aliphatic heterocycles. The largest absolute Gasteiger partial charge is 0.494 e. The second-order valence-electron chi connectivity index (χ2n) is 12.1. The van der Waals surface area contributed by atoms with Crippen molar-refractivity contribution in [2.45, 2.75) is 127 Å². The van der Waals surface area contributed by atoms with Gasteiger partial charge in [0.15, 0.2) is 0 Å². The number of unbranched alkanes of at least 4 members (excludes halogenated alkanes) is 10. The lowest BCUT2D eigenvalue weighted by molar-refractivity contribution is 0.226. The molecule has 0 saturated heterocycles. The molecular formula is C36H56N2O3S. The molecular weight excluding hydrogens is 540 g/mol. The number of ether oxygens (including phenoxy) is 1. The summed E-state index contributed by atoms with van der Waals surface area (Å²) in [7, 11) is -3.67. The highest BCUT2D eigenvalue weighted by Gasteiger charge is 2.27. The van der Waals surface area contributed by atoms with Gasteiger partial charge in [0.05, 0.1) is 17.0 Å². The van der Waals surface area contributed by atoms with Gasteiger partial charge in [-0.1, -0.05) is 98.0 Å². The Balaban J connectivity index is 1.52. The van der Waals surface area contributed by atoms with Gasteiger partial charge in [0.1, 0.15) is 10.6 Å². The van der Waals surface area contributed by atoms with Gasteiger partial charge in [0.2, 0.25) is 9.84 Å². The predicted molar refractivity (Wildman–Crippen MR) is 177 cm³/mol. The highest BCUT2D eigenvalue weighted by Crippen LogP contribution is 2.34. The zero-order chi connectivity index (χ0) is 30.2. The molecule has 0 fully saturated rings. The monoisotopic (exact) mass is 596 g/mol. The van der Waals surface area contributed by atoms with Crippen LogP contribution < -0.4 is 4.74 Å². The highest BCUT2D eigenvalue weighted by molar-refractivity contribution is 7.91. The molecule has 0 unspecified atom stereocenters. The van der Waals surface area contributed by atoms with Crippen molar-refractivity contribution in [2.24, 2.45) is 0 Å². The fourth-order valence-electron chi connectivity index (χ4n) is 5.70. The van der Waals surface area contributed by atoms with Gasteiger partial charge >= 0.3 is 0 Å². The van der Waals surface area contributed by atoms with Crippen LogP contribution in [-0.2, 0) is 9.84 Å². The molecule has 0 atom stereocenters. The van der Waals surface area contributed by atoms with Crippen LogP contribution in [-0.4, -0.2) is 44.0 Å². The minimum atomic E-state index is -3.67. The molecule has 234 valence electrons. The Hall–Kier alpha value is -2.31. The Morgan fingerprint density at radius 1 is 0.738 bits per heavy atom. The van der Waals surface area contributed by atoms with E-state index in [1.165, 1.54) is 90.1 Å². The number of benzene rings is 1. The number of rotatable bonds is 22. The van der Waals surface area contributed by atoms with Gasteiger partial charge in [0.25, 0.3) is 0 Å². The number of hydrogen-bond acceptors (Lipinski definition) is 4. The molecule has 0 saturated carbocycles. The first-order chi connectivity index (χ1) is 20.4. The molecule has 0 aliphatic rings. The van der Waals surface area contributed by atoms with Crippen LogP contribution >= 0.6 is 0 Å². The van der Waals surface area contributed by atoms with Crippen LogP contribution in [0.4, 0.5) is 0 Å². The second kappa shape index (κ2) is 18.4. The van der Waals surface area contributed by atoms with Gasteiger partial charge in [-0.3, -0.25) is 0 Å². The molecule has 42 heavy (non-hydrogen) atoms. The molecule has 3 aromatic rings. The van der Waals surface area contributed by atoms with Crippen LogP contribution in [0.2, 0.25) is 0 Å². The molecule has 0 N–H and O–H groups in total. The van der Waals surface area contributed by atoms with Gasteiger partial charge in [-0.2, -0.15) is 0 Å². The number of pyridine rings is 1. The average molecular weight is 597 g/mol. The maximum atomic E-state index is 13.7. The Morgan fingerprint density at radius 3 is 1.90 bits per heavy atom. The Morgan fingerprint density at radius 2 is 1.31 bits per heavy atom. The minimum Gasteiger partial charge on any atom is -0.494 e. The molecule has 0 bridgehead atoms. The molecule has 2 aromatic heterocycles. The van der Waals surface area contributed by atoms with Gasteiger partial charge in [-0.25, -0.2) is 8.42 Å². The summed E-state index contributed by atoms with van der Waals surface area (Å²) >= 11 is 0. The lowest BCUT2D eigenvalue weighted by atomic mass is 10.1. The Bertz CT molecular complexity index is 1250. The topological polar surface area (TPSA) is 51.0 Å². The van der Waals surface area contributed by atoms with Crippen LogP contribution in [0, 0.1) is 0 Å². The quantitative estimate of drug-likeness (QED) is 0.108. The van der Waals surface area contributed by atoms with E-state index in [1.807, 2.05) is 48.8 Å². The fraction of sp³-hybridized carbons (Fsp3) is 0.611. The van der Waals surface area contributed by atoms with E-state index in [1.54, 1.807) is 24.3 Å². The molecule has 0 radical (unpaired) electrons. The molecule has 5 nitrogen and oxygen atoms in total. The SMILES string of the molecule is CCCCCCCCN(CCCCCCCC)CCCOc1ccc(S(=O)(=O)c2c(C(C)C)cn3ccccc23)cc1. The third kappa shape index (κ3) is 10.4. The summed E-state index contributed by atoms with van der Waals surface area (Å²) in [6.07, 6.45) is 20.8. The van der Waals surface area contributed by atoms with E-state index in [9.17, 15) is 8.42 Å². The van der Waals surface area contributed by atoms with Crippen molar-refractivity contribution in [3.8, 4) is 5.75 Å². The standard InChI is InChI=1S/C36H56N2O3S/c1-5-7-9-11-13-16-25-37(26-17-14-12-10-8-6-2)27-19-29-41-32-21-23-33(24-22-32)42(39,40)36-34(31(3)4)30-38-28-18-15-20-35(36)38/h15,18,20-24,28,30-31H,5-14,16-17,19,25-27,29H2,1-4H3. The number of aromatic nitrogens is 1. The van der Waals surface area contributed by atoms with E-state index in [0.717, 1.165) is 24.3 Å². The third-order valence-electron chi connectivity index (χ3n) is 8.23. The molecule has 0 aliphatic carbocycles. The van der Waals surface area contributed by atoms with Crippen molar-refractivity contribution in [1.82, 2.24) is 9.30 Å². The van der Waals surface area contributed by atoms with E-state index in [4.69, 9.17) is 4.74 Å². The third-order valence-corrected chi connectivity index (χ3v) is 10.1. The summed E-state index contributed by atoms with van der Waals surface area (Å²) in [6.45, 7) is 12.7. The predicted octanol–water partition coefficient (Wildman–Crippen LogP) is 9.69. The van der Waals surface area contributed by atoms with Crippen molar-refractivity contribution in [3.63, 3.8) is 0 Å². The minimum absolute atomic E-state index is 0.0963. The van der Waals surface area contributed by atoms with E-state index < -0.39 is 9.84 Å². The van der Waals surface area contributed by atoms with Crippen LogP contribution in [0.25, 0.3) is 5.52 Å². The smallest absolute Gasteiger partial charge is 0.209 e. The fourth-order valence-corrected chi connectivity index (χ4v) is 7.48.